The highest BCUT2D eigenvalue weighted by Crippen LogP contribution is 2.29. The van der Waals surface area contributed by atoms with Gasteiger partial charge in [-0.3, -0.25) is 4.79 Å². The summed E-state index contributed by atoms with van der Waals surface area (Å²) in [6.07, 6.45) is 0.563. The van der Waals surface area contributed by atoms with Gasteiger partial charge >= 0.3 is 6.61 Å². The Morgan fingerprint density at radius 1 is 1.47 bits per heavy atom. The number of ketones is 1. The summed E-state index contributed by atoms with van der Waals surface area (Å²) < 4.78 is 28.7. The third kappa shape index (κ3) is 3.77. The molecule has 0 amide bonds. The third-order valence-corrected chi connectivity index (χ3v) is 3.50. The Kier molecular flexibility index (Phi) is 5.05. The summed E-state index contributed by atoms with van der Waals surface area (Å²) in [6.45, 7) is 0.474. The van der Waals surface area contributed by atoms with Crippen molar-refractivity contribution >= 4 is 21.7 Å². The van der Waals surface area contributed by atoms with Gasteiger partial charge in [-0.05, 0) is 30.5 Å². The van der Waals surface area contributed by atoms with E-state index in [-0.39, 0.29) is 11.5 Å². The summed E-state index contributed by atoms with van der Waals surface area (Å²) in [6, 6.07) is 4.79. The second-order valence-corrected chi connectivity index (χ2v) is 4.49. The number of hydrogen-bond acceptors (Lipinski definition) is 2. The average molecular weight is 307 g/mol. The van der Waals surface area contributed by atoms with Crippen molar-refractivity contribution in [2.45, 2.75) is 31.7 Å². The summed E-state index contributed by atoms with van der Waals surface area (Å²) in [7, 11) is 0. The van der Waals surface area contributed by atoms with Gasteiger partial charge in [-0.1, -0.05) is 35.0 Å². The van der Waals surface area contributed by atoms with Gasteiger partial charge in [0.2, 0.25) is 0 Å². The lowest BCUT2D eigenvalue weighted by Gasteiger charge is -2.13. The Balaban J connectivity index is 3.03. The van der Waals surface area contributed by atoms with Crippen LogP contribution in [-0.4, -0.2) is 12.4 Å². The number of benzene rings is 1. The molecule has 5 heteroatoms. The van der Waals surface area contributed by atoms with Gasteiger partial charge in [0.05, 0.1) is 4.83 Å². The molecule has 0 N–H and O–H groups in total. The maximum atomic E-state index is 12.1. The Morgan fingerprint density at radius 2 is 2.12 bits per heavy atom. The molecule has 1 aromatic rings. The molecule has 1 unspecified atom stereocenters. The van der Waals surface area contributed by atoms with Crippen molar-refractivity contribution in [2.75, 3.05) is 0 Å². The van der Waals surface area contributed by atoms with Crippen LogP contribution in [0.15, 0.2) is 18.2 Å². The van der Waals surface area contributed by atoms with Crippen LogP contribution in [0.4, 0.5) is 8.78 Å². The van der Waals surface area contributed by atoms with Crippen LogP contribution in [-0.2, 0) is 11.2 Å². The van der Waals surface area contributed by atoms with Crippen molar-refractivity contribution in [2.24, 2.45) is 0 Å². The zero-order valence-corrected chi connectivity index (χ0v) is 11.1. The van der Waals surface area contributed by atoms with Crippen molar-refractivity contribution in [1.82, 2.24) is 0 Å². The minimum Gasteiger partial charge on any atom is -0.435 e. The normalized spacial score (nSPS) is 12.6. The molecular weight excluding hydrogens is 294 g/mol. The first-order valence-corrected chi connectivity index (χ1v) is 6.09. The number of carbonyl (C=O) groups is 1. The average Bonchev–Trinajstić information content (AvgIpc) is 2.27. The van der Waals surface area contributed by atoms with E-state index in [4.69, 9.17) is 0 Å². The molecule has 0 aromatic heterocycles. The number of hydrogen-bond donors (Lipinski definition) is 0. The van der Waals surface area contributed by atoms with E-state index in [0.717, 1.165) is 5.56 Å². The fraction of sp³-hybridized carbons (Fsp3) is 0.417. The monoisotopic (exact) mass is 306 g/mol. The van der Waals surface area contributed by atoms with E-state index in [2.05, 4.69) is 20.7 Å². The predicted molar refractivity (Wildman–Crippen MR) is 64.8 cm³/mol. The van der Waals surface area contributed by atoms with Crippen LogP contribution in [0.2, 0.25) is 0 Å². The molecule has 1 aromatic carbocycles. The molecule has 0 spiro atoms. The van der Waals surface area contributed by atoms with E-state index in [1.807, 2.05) is 6.92 Å². The number of ether oxygens (including phenoxy) is 1. The molecule has 1 atom stereocenters. The standard InChI is InChI=1S/C12H13BrF2O2/c1-3-8-6-9(11(13)7(2)16)4-5-10(8)17-12(14)15/h4-6,11-12H,3H2,1-2H3. The zero-order chi connectivity index (χ0) is 13.0. The van der Waals surface area contributed by atoms with Crippen LogP contribution < -0.4 is 4.74 Å². The molecule has 0 aliphatic carbocycles. The topological polar surface area (TPSA) is 26.3 Å². The molecule has 0 saturated carbocycles. The Hall–Kier alpha value is -0.970. The number of Topliss-reactive ketones (excluding diaryl/α,β-unsaturated/α-hetero) is 1. The highest BCUT2D eigenvalue weighted by molar-refractivity contribution is 9.09. The van der Waals surface area contributed by atoms with E-state index in [1.54, 1.807) is 12.1 Å². The quantitative estimate of drug-likeness (QED) is 0.772. The molecular formula is C12H13BrF2O2. The molecule has 0 aliphatic rings. The number of carbonyl (C=O) groups excluding carboxylic acids is 1. The number of aryl methyl sites for hydroxylation is 1. The van der Waals surface area contributed by atoms with Crippen LogP contribution >= 0.6 is 15.9 Å². The van der Waals surface area contributed by atoms with Crippen LogP contribution in [0.25, 0.3) is 0 Å². The molecule has 1 rings (SSSR count). The van der Waals surface area contributed by atoms with Gasteiger partial charge in [0, 0.05) is 0 Å². The summed E-state index contributed by atoms with van der Waals surface area (Å²) in [5, 5.41) is 0. The summed E-state index contributed by atoms with van der Waals surface area (Å²) >= 11 is 3.25. The molecule has 0 fully saturated rings. The van der Waals surface area contributed by atoms with Crippen molar-refractivity contribution in [1.29, 1.82) is 0 Å². The van der Waals surface area contributed by atoms with Gasteiger partial charge in [-0.2, -0.15) is 8.78 Å². The molecule has 2 nitrogen and oxygen atoms in total. The summed E-state index contributed by atoms with van der Waals surface area (Å²) in [5.74, 6) is 0.129. The fourth-order valence-electron chi connectivity index (χ4n) is 1.48. The second kappa shape index (κ2) is 6.10. The summed E-state index contributed by atoms with van der Waals surface area (Å²) in [4.78, 5) is 10.8. The molecule has 0 heterocycles. The molecule has 0 aliphatic heterocycles. The Morgan fingerprint density at radius 3 is 2.59 bits per heavy atom. The molecule has 17 heavy (non-hydrogen) atoms. The number of rotatable bonds is 5. The van der Waals surface area contributed by atoms with Gasteiger partial charge in [-0.15, -0.1) is 0 Å². The van der Waals surface area contributed by atoms with Gasteiger partial charge in [-0.25, -0.2) is 0 Å². The molecule has 94 valence electrons. The van der Waals surface area contributed by atoms with Crippen molar-refractivity contribution in [3.05, 3.63) is 29.3 Å². The van der Waals surface area contributed by atoms with Crippen molar-refractivity contribution < 1.29 is 18.3 Å². The van der Waals surface area contributed by atoms with E-state index in [1.165, 1.54) is 13.0 Å². The van der Waals surface area contributed by atoms with Crippen molar-refractivity contribution in [3.8, 4) is 5.75 Å². The first kappa shape index (κ1) is 14.1. The predicted octanol–water partition coefficient (Wildman–Crippen LogP) is 3.88. The minimum absolute atomic E-state index is 0.0328. The Bertz CT molecular complexity index is 407. The highest BCUT2D eigenvalue weighted by atomic mass is 79.9. The smallest absolute Gasteiger partial charge is 0.387 e. The van der Waals surface area contributed by atoms with E-state index in [0.29, 0.717) is 12.0 Å². The maximum Gasteiger partial charge on any atom is 0.387 e. The van der Waals surface area contributed by atoms with Gasteiger partial charge in [0.1, 0.15) is 11.5 Å². The van der Waals surface area contributed by atoms with Crippen LogP contribution in [0.1, 0.15) is 29.8 Å². The summed E-state index contributed by atoms with van der Waals surface area (Å²) in [5.41, 5.74) is 1.41. The van der Waals surface area contributed by atoms with E-state index < -0.39 is 11.4 Å². The van der Waals surface area contributed by atoms with Gasteiger partial charge in [0.15, 0.2) is 0 Å². The van der Waals surface area contributed by atoms with Crippen LogP contribution in [0.5, 0.6) is 5.75 Å². The SMILES string of the molecule is CCc1cc(C(Br)C(C)=O)ccc1OC(F)F. The lowest BCUT2D eigenvalue weighted by Crippen LogP contribution is -2.06. The number of halogens is 3. The van der Waals surface area contributed by atoms with Crippen molar-refractivity contribution in [3.63, 3.8) is 0 Å². The lowest BCUT2D eigenvalue weighted by molar-refractivity contribution is -0.116. The van der Waals surface area contributed by atoms with E-state index in [9.17, 15) is 13.6 Å². The highest BCUT2D eigenvalue weighted by Gasteiger charge is 2.15. The Labute approximate surface area is 107 Å². The first-order valence-electron chi connectivity index (χ1n) is 5.17. The molecule has 0 saturated heterocycles. The molecule has 0 bridgehead atoms. The lowest BCUT2D eigenvalue weighted by atomic mass is 10.0. The maximum absolute atomic E-state index is 12.1. The second-order valence-electron chi connectivity index (χ2n) is 3.57. The molecule has 0 radical (unpaired) electrons. The zero-order valence-electron chi connectivity index (χ0n) is 9.54. The largest absolute Gasteiger partial charge is 0.435 e. The number of alkyl halides is 3. The minimum atomic E-state index is -2.83. The van der Waals surface area contributed by atoms with Gasteiger partial charge in [0.25, 0.3) is 0 Å². The first-order chi connectivity index (χ1) is 7.95. The van der Waals surface area contributed by atoms with Gasteiger partial charge < -0.3 is 4.74 Å². The van der Waals surface area contributed by atoms with E-state index >= 15 is 0 Å². The third-order valence-electron chi connectivity index (χ3n) is 2.33. The van der Waals surface area contributed by atoms with Crippen LogP contribution in [0, 0.1) is 0 Å². The fourth-order valence-corrected chi connectivity index (χ4v) is 1.76. The van der Waals surface area contributed by atoms with Crippen LogP contribution in [0.3, 0.4) is 0 Å².